The maximum Gasteiger partial charge on any atom is 0.261 e. The molecule has 168 valence electrons. The minimum atomic E-state index is -0.407. The summed E-state index contributed by atoms with van der Waals surface area (Å²) in [6, 6.07) is 31.0. The number of amides is 1. The van der Waals surface area contributed by atoms with Crippen molar-refractivity contribution in [3.05, 3.63) is 118 Å². The summed E-state index contributed by atoms with van der Waals surface area (Å²) in [5, 5.41) is 15.1. The first kappa shape index (κ1) is 23.1. The van der Waals surface area contributed by atoms with Gasteiger partial charge in [0.1, 0.15) is 24.0 Å². The summed E-state index contributed by atoms with van der Waals surface area (Å²) >= 11 is 5.98. The van der Waals surface area contributed by atoms with Crippen molar-refractivity contribution in [1.82, 2.24) is 5.32 Å². The summed E-state index contributed by atoms with van der Waals surface area (Å²) in [6.45, 7) is 0.777. The number of nitrogens with zero attached hydrogens (tertiary/aromatic N) is 1. The number of halogens is 1. The van der Waals surface area contributed by atoms with Crippen LogP contribution in [0.1, 0.15) is 16.7 Å². The van der Waals surface area contributed by atoms with Crippen molar-refractivity contribution in [3.63, 3.8) is 0 Å². The van der Waals surface area contributed by atoms with E-state index in [0.29, 0.717) is 35.9 Å². The molecule has 1 amide bonds. The maximum absolute atomic E-state index is 12.8. The fraction of sp³-hybridized carbons (Fsp3) is 0.103. The smallest absolute Gasteiger partial charge is 0.261 e. The Morgan fingerprint density at radius 2 is 1.65 bits per heavy atom. The molecule has 4 aromatic carbocycles. The molecule has 34 heavy (non-hydrogen) atoms. The predicted octanol–water partition coefficient (Wildman–Crippen LogP) is 6.34. The molecule has 0 unspecified atom stereocenters. The van der Waals surface area contributed by atoms with Crippen molar-refractivity contribution in [2.75, 3.05) is 6.54 Å². The van der Waals surface area contributed by atoms with E-state index in [9.17, 15) is 10.1 Å². The van der Waals surface area contributed by atoms with E-state index in [2.05, 4.69) is 5.32 Å². The number of hydrogen-bond acceptors (Lipinski definition) is 3. The molecule has 0 saturated carbocycles. The van der Waals surface area contributed by atoms with E-state index in [1.807, 2.05) is 97.1 Å². The molecule has 0 aliphatic rings. The molecule has 0 spiro atoms. The second kappa shape index (κ2) is 11.2. The Morgan fingerprint density at radius 1 is 0.912 bits per heavy atom. The third kappa shape index (κ3) is 5.83. The molecule has 0 saturated heterocycles. The summed E-state index contributed by atoms with van der Waals surface area (Å²) in [7, 11) is 0. The quantitative estimate of drug-likeness (QED) is 0.243. The lowest BCUT2D eigenvalue weighted by atomic mass is 10.0. The highest BCUT2D eigenvalue weighted by atomic mass is 35.5. The second-order valence-corrected chi connectivity index (χ2v) is 8.21. The Hall–Kier alpha value is -4.07. The van der Waals surface area contributed by atoms with Gasteiger partial charge in [0.15, 0.2) is 0 Å². The van der Waals surface area contributed by atoms with Crippen molar-refractivity contribution in [2.45, 2.75) is 13.0 Å². The summed E-state index contributed by atoms with van der Waals surface area (Å²) < 4.78 is 6.11. The van der Waals surface area contributed by atoms with Gasteiger partial charge in [-0.25, -0.2) is 0 Å². The number of nitrogens with one attached hydrogen (secondary N) is 1. The van der Waals surface area contributed by atoms with E-state index in [4.69, 9.17) is 16.3 Å². The molecule has 4 rings (SSSR count). The van der Waals surface area contributed by atoms with Crippen LogP contribution in [-0.2, 0) is 17.8 Å². The zero-order chi connectivity index (χ0) is 23.8. The molecule has 0 aromatic heterocycles. The molecule has 0 bridgehead atoms. The third-order valence-corrected chi connectivity index (χ3v) is 5.69. The minimum absolute atomic E-state index is 0.0285. The normalized spacial score (nSPS) is 11.1. The van der Waals surface area contributed by atoms with Gasteiger partial charge in [0.25, 0.3) is 5.91 Å². The van der Waals surface area contributed by atoms with Gasteiger partial charge in [-0.05, 0) is 52.6 Å². The van der Waals surface area contributed by atoms with Gasteiger partial charge in [0.05, 0.1) is 0 Å². The van der Waals surface area contributed by atoms with Gasteiger partial charge in [0.2, 0.25) is 0 Å². The van der Waals surface area contributed by atoms with Gasteiger partial charge in [-0.2, -0.15) is 5.26 Å². The van der Waals surface area contributed by atoms with Crippen molar-refractivity contribution < 1.29 is 9.53 Å². The Morgan fingerprint density at radius 3 is 2.41 bits per heavy atom. The third-order valence-electron chi connectivity index (χ3n) is 5.43. The van der Waals surface area contributed by atoms with Crippen molar-refractivity contribution in [3.8, 4) is 11.8 Å². The largest absolute Gasteiger partial charge is 0.488 e. The van der Waals surface area contributed by atoms with Crippen molar-refractivity contribution in [1.29, 1.82) is 5.26 Å². The van der Waals surface area contributed by atoms with Gasteiger partial charge in [-0.1, -0.05) is 84.4 Å². The zero-order valence-electron chi connectivity index (χ0n) is 18.5. The highest BCUT2D eigenvalue weighted by Gasteiger charge is 2.13. The number of ether oxygens (including phenoxy) is 1. The van der Waals surface area contributed by atoms with E-state index < -0.39 is 5.91 Å². The number of carbonyl (C=O) groups excluding carboxylic acids is 1. The molecule has 0 fully saturated rings. The molecular formula is C29H23ClN2O2. The van der Waals surface area contributed by atoms with E-state index in [1.165, 1.54) is 0 Å². The lowest BCUT2D eigenvalue weighted by molar-refractivity contribution is -0.117. The van der Waals surface area contributed by atoms with E-state index in [1.54, 1.807) is 6.08 Å². The van der Waals surface area contributed by atoms with E-state index >= 15 is 0 Å². The van der Waals surface area contributed by atoms with Crippen LogP contribution in [0.25, 0.3) is 16.8 Å². The average molecular weight is 467 g/mol. The van der Waals surface area contributed by atoms with Crippen LogP contribution in [0.2, 0.25) is 5.02 Å². The van der Waals surface area contributed by atoms with Gasteiger partial charge >= 0.3 is 0 Å². The number of hydrogen-bond donors (Lipinski definition) is 1. The molecule has 1 N–H and O–H groups in total. The van der Waals surface area contributed by atoms with Crippen LogP contribution >= 0.6 is 11.6 Å². The molecule has 4 aromatic rings. The Labute approximate surface area is 204 Å². The summed E-state index contributed by atoms with van der Waals surface area (Å²) in [4.78, 5) is 12.8. The standard InChI is InChI=1S/C29H23ClN2O2/c30-25-13-10-22(11-14-25)20-34-28-15-12-23-8-4-5-9-26(23)27(28)18-24(19-31)29(33)32-17-16-21-6-2-1-3-7-21/h1-15,18H,16-17,20H2,(H,32,33)/b24-18+. The van der Waals surface area contributed by atoms with Crippen LogP contribution in [0, 0.1) is 11.3 Å². The predicted molar refractivity (Wildman–Crippen MR) is 136 cm³/mol. The van der Waals surface area contributed by atoms with Crippen LogP contribution in [0.15, 0.2) is 96.6 Å². The van der Waals surface area contributed by atoms with Crippen molar-refractivity contribution >= 4 is 34.4 Å². The summed E-state index contributed by atoms with van der Waals surface area (Å²) in [5.74, 6) is 0.188. The fourth-order valence-corrected chi connectivity index (χ4v) is 3.77. The van der Waals surface area contributed by atoms with Gasteiger partial charge in [0, 0.05) is 17.1 Å². The molecule has 4 nitrogen and oxygen atoms in total. The average Bonchev–Trinajstić information content (AvgIpc) is 2.87. The van der Waals surface area contributed by atoms with E-state index in [-0.39, 0.29) is 5.57 Å². The van der Waals surface area contributed by atoms with Crippen LogP contribution in [-0.4, -0.2) is 12.5 Å². The molecule has 0 aliphatic heterocycles. The lowest BCUT2D eigenvalue weighted by Gasteiger charge is -2.13. The minimum Gasteiger partial charge on any atom is -0.488 e. The fourth-order valence-electron chi connectivity index (χ4n) is 3.65. The number of nitriles is 1. The van der Waals surface area contributed by atoms with Gasteiger partial charge in [-0.3, -0.25) is 4.79 Å². The van der Waals surface area contributed by atoms with Crippen LogP contribution in [0.3, 0.4) is 0 Å². The lowest BCUT2D eigenvalue weighted by Crippen LogP contribution is -2.26. The van der Waals surface area contributed by atoms with E-state index in [0.717, 1.165) is 21.9 Å². The molecule has 0 aliphatic carbocycles. The molecule has 0 heterocycles. The first-order valence-electron chi connectivity index (χ1n) is 11.0. The second-order valence-electron chi connectivity index (χ2n) is 7.77. The highest BCUT2D eigenvalue weighted by molar-refractivity contribution is 6.30. The van der Waals surface area contributed by atoms with Crippen molar-refractivity contribution in [2.24, 2.45) is 0 Å². The highest BCUT2D eigenvalue weighted by Crippen LogP contribution is 2.31. The first-order valence-corrected chi connectivity index (χ1v) is 11.3. The van der Waals surface area contributed by atoms with Gasteiger partial charge < -0.3 is 10.1 Å². The maximum atomic E-state index is 12.8. The number of fused-ring (bicyclic) bond motifs is 1. The topological polar surface area (TPSA) is 62.1 Å². The van der Waals surface area contributed by atoms with Gasteiger partial charge in [-0.15, -0.1) is 0 Å². The summed E-state index contributed by atoms with van der Waals surface area (Å²) in [6.07, 6.45) is 2.30. The number of rotatable bonds is 8. The monoisotopic (exact) mass is 466 g/mol. The molecular weight excluding hydrogens is 444 g/mol. The summed E-state index contributed by atoms with van der Waals surface area (Å²) in [5.41, 5.74) is 2.81. The number of benzene rings is 4. The molecule has 0 atom stereocenters. The Balaban J connectivity index is 1.58. The van der Waals surface area contributed by atoms with Crippen LogP contribution in [0.4, 0.5) is 0 Å². The van der Waals surface area contributed by atoms with Crippen LogP contribution < -0.4 is 10.1 Å². The molecule has 5 heteroatoms. The van der Waals surface area contributed by atoms with Crippen LogP contribution in [0.5, 0.6) is 5.75 Å². The SMILES string of the molecule is N#C/C(=C\c1c(OCc2ccc(Cl)cc2)ccc2ccccc12)C(=O)NCCc1ccccc1. The zero-order valence-corrected chi connectivity index (χ0v) is 19.3. The Kier molecular flexibility index (Phi) is 7.60. The first-order chi connectivity index (χ1) is 16.6. The Bertz CT molecular complexity index is 1360. The number of carbonyl (C=O) groups is 1. The molecule has 0 radical (unpaired) electrons.